The van der Waals surface area contributed by atoms with E-state index < -0.39 is 45.5 Å². The summed E-state index contributed by atoms with van der Waals surface area (Å²) in [5.74, 6) is 0.659. The lowest BCUT2D eigenvalue weighted by Gasteiger charge is -2.23. The summed E-state index contributed by atoms with van der Waals surface area (Å²) in [6, 6.07) is 17.2. The highest BCUT2D eigenvalue weighted by atomic mass is 32.2. The molecule has 43 heteroatoms. The van der Waals surface area contributed by atoms with Crippen molar-refractivity contribution in [3.8, 4) is 0 Å². The number of ketones is 4. The highest BCUT2D eigenvalue weighted by Crippen LogP contribution is 2.38. The van der Waals surface area contributed by atoms with Crippen molar-refractivity contribution < 1.29 is 118 Å². The fraction of sp³-hybridized carbons (Fsp3) is 0.755. The van der Waals surface area contributed by atoms with Crippen molar-refractivity contribution in [2.24, 2.45) is 0 Å². The molecular formula is C106H167N13O25S5. The second-order valence-corrected chi connectivity index (χ2v) is 47.1. The molecule has 0 spiro atoms. The lowest BCUT2D eigenvalue weighted by molar-refractivity contribution is -0.198. The number of unbranched alkanes of at least 4 members (excludes halogenated alkanes) is 20. The second-order valence-electron chi connectivity index (χ2n) is 40.4. The zero-order valence-electron chi connectivity index (χ0n) is 87.2. The first-order valence-electron chi connectivity index (χ1n) is 55.0. The number of hydrogen-bond acceptors (Lipinski definition) is 29. The van der Waals surface area contributed by atoms with E-state index in [4.69, 9.17) is 38.1 Å². The van der Waals surface area contributed by atoms with Crippen LogP contribution in [0.1, 0.15) is 308 Å². The van der Waals surface area contributed by atoms with Gasteiger partial charge in [0.2, 0.25) is 0 Å². The summed E-state index contributed by atoms with van der Waals surface area (Å²) >= 11 is 7.70. The summed E-state index contributed by atoms with van der Waals surface area (Å²) in [6.45, 7) is 9.16. The minimum atomic E-state index is -4.82. The molecule has 13 unspecified atom stereocenters. The van der Waals surface area contributed by atoms with Crippen LogP contribution in [-0.2, 0) is 94.8 Å². The van der Waals surface area contributed by atoms with Crippen LogP contribution in [0, 0.1) is 0 Å². The summed E-state index contributed by atoms with van der Waals surface area (Å²) in [4.78, 5) is 179. The van der Waals surface area contributed by atoms with Gasteiger partial charge in [0.25, 0.3) is 33.7 Å². The zero-order chi connectivity index (χ0) is 106. The van der Waals surface area contributed by atoms with Gasteiger partial charge in [-0.15, -0.1) is 5.06 Å². The van der Waals surface area contributed by atoms with Crippen LogP contribution < -0.4 is 53.2 Å². The van der Waals surface area contributed by atoms with E-state index in [2.05, 4.69) is 67.8 Å². The molecule has 12 N–H and O–H groups in total. The molecule has 9 fully saturated rings. The molecule has 13 atom stereocenters. The Morgan fingerprint density at radius 3 is 0.899 bits per heavy atom. The van der Waals surface area contributed by atoms with Gasteiger partial charge >= 0.3 is 36.1 Å². The molecule has 9 aliphatic heterocycles. The van der Waals surface area contributed by atoms with E-state index in [-0.39, 0.29) is 148 Å². The first-order valence-corrected chi connectivity index (χ1v) is 60.7. The SMILES string of the molecule is O=C(CCCCCCCN(CCCCCCCC(=O)CCCCC1SCC2NC(=O)NC21)Cc1ccc(C(=O)NCCOCCOCCOCCC(=O)ON2C(=O)CC(S(=O)(=O)O)C2=O)cc1)CCCCC1SCC2NC(=O)NC21.O=C(O)CCOCCOCCOCCNC(=O)c1ccc(CN(CCCCCCCC(=O)CCCCC2SCC3NC(=O)NC32)CCCCCCCC(=O)CCCCC2SCC3NC(=O)NC32)cc1. The monoisotopic (exact) mass is 2180 g/mol. The molecule has 149 heavy (non-hydrogen) atoms. The Bertz CT molecular complexity index is 4410. The van der Waals surface area contributed by atoms with E-state index in [1.54, 1.807) is 0 Å². The van der Waals surface area contributed by atoms with Gasteiger partial charge in [-0.05, 0) is 164 Å². The number of nitrogens with one attached hydrogen (secondary N) is 10. The van der Waals surface area contributed by atoms with Gasteiger partial charge < -0.3 is 91.5 Å². The van der Waals surface area contributed by atoms with Crippen LogP contribution in [-0.4, -0.2) is 332 Å². The Labute approximate surface area is 896 Å². The molecule has 0 aliphatic carbocycles. The smallest absolute Gasteiger partial charge is 0.335 e. The molecule has 9 saturated heterocycles. The standard InChI is InChI=1S/C55H85N7O15S3.C51H82N6O10S2/c63-41(17-9-11-19-45-50-43(37-78-45)57-54(69)59-50)15-7-3-1-5-13-27-61(28-14-6-2-4-8-16-42(64)18-10-12-20-46-51-44(38-79-46)58-55(70)60-51)36-39-21-23-40(24-22-39)52(67)56-26-30-75-32-34-76-33-31-74-29-25-49(66)77-62-48(65)35-47(53(62)68)80(71,72)73;58-40(17-9-11-19-44-47-42(36-68-44)53-50(63)55-47)15-7-3-1-5-13-27-57(28-14-6-2-4-8-16-41(59)18-10-12-20-45-48-43(37-69-45)54-51(64)56-48)35-38-21-23-39(24-22-38)49(62)52-26-30-66-32-34-67-33-31-65-29-25-46(60)61/h21-24,43-47,50-51H,1-20,25-38H2,(H,56,67)(H2,57,59,69)(H2,58,60,70)(H,71,72,73);21-24,42-45,47-48H,1-20,25-37H2,(H,52,62)(H,60,61)(H2,53,55,63)(H2,54,56,64). The molecule has 2 aromatic carbocycles. The number of hydroxylamine groups is 2. The van der Waals surface area contributed by atoms with Gasteiger partial charge in [0.05, 0.1) is 147 Å². The fourth-order valence-electron chi connectivity index (χ4n) is 20.2. The van der Waals surface area contributed by atoms with Crippen molar-refractivity contribution in [1.82, 2.24) is 68.0 Å². The molecule has 0 aromatic heterocycles. The predicted molar refractivity (Wildman–Crippen MR) is 574 cm³/mol. The zero-order valence-corrected chi connectivity index (χ0v) is 91.3. The van der Waals surface area contributed by atoms with Gasteiger partial charge in [-0.25, -0.2) is 24.0 Å². The summed E-state index contributed by atoms with van der Waals surface area (Å²) in [7, 11) is -4.82. The Hall–Kier alpha value is -7.79. The van der Waals surface area contributed by atoms with Crippen molar-refractivity contribution in [3.05, 3.63) is 70.8 Å². The number of urea groups is 4. The number of Topliss-reactive ketones (excluding diaryl/α,β-unsaturated/α-hetero) is 4. The number of nitrogens with zero attached hydrogens (tertiary/aromatic N) is 3. The Kier molecular flexibility index (Phi) is 58.3. The number of amides is 12. The molecule has 0 bridgehead atoms. The van der Waals surface area contributed by atoms with E-state index in [0.717, 1.165) is 273 Å². The topological polar surface area (TPSA) is 508 Å². The highest BCUT2D eigenvalue weighted by molar-refractivity contribution is 8.01. The number of carboxylic acids is 1. The minimum absolute atomic E-state index is 0.0287. The molecule has 0 saturated carbocycles. The number of fused-ring (bicyclic) bond motifs is 4. The number of carbonyl (C=O) groups is 14. The van der Waals surface area contributed by atoms with Crippen LogP contribution in [0.15, 0.2) is 48.5 Å². The molecule has 2 aromatic rings. The highest BCUT2D eigenvalue weighted by Gasteiger charge is 2.50. The fourth-order valence-corrected chi connectivity index (χ4v) is 27.1. The molecule has 0 radical (unpaired) electrons. The van der Waals surface area contributed by atoms with Crippen LogP contribution in [0.4, 0.5) is 19.2 Å². The predicted octanol–water partition coefficient (Wildman–Crippen LogP) is 12.4. The lowest BCUT2D eigenvalue weighted by Crippen LogP contribution is -2.36. The Morgan fingerprint density at radius 2 is 0.611 bits per heavy atom. The number of ether oxygens (including phenoxy) is 6. The number of carbonyl (C=O) groups excluding carboxylic acids is 13. The molecule has 11 rings (SSSR count). The van der Waals surface area contributed by atoms with Crippen LogP contribution >= 0.6 is 47.0 Å². The van der Waals surface area contributed by atoms with Crippen LogP contribution in [0.5, 0.6) is 0 Å². The number of imide groups is 1. The maximum Gasteiger partial charge on any atom is 0.335 e. The quantitative estimate of drug-likeness (QED) is 0.0127. The van der Waals surface area contributed by atoms with Crippen LogP contribution in [0.25, 0.3) is 0 Å². The first-order chi connectivity index (χ1) is 72.3. The molecule has 9 heterocycles. The Morgan fingerprint density at radius 1 is 0.342 bits per heavy atom. The summed E-state index contributed by atoms with van der Waals surface area (Å²) in [6.07, 6.45) is 37.1. The average molecular weight is 2180 g/mol. The third-order valence-electron chi connectivity index (χ3n) is 28.6. The summed E-state index contributed by atoms with van der Waals surface area (Å²) in [5.41, 5.74) is 3.45. The third-order valence-corrected chi connectivity index (χ3v) is 35.7. The third kappa shape index (κ3) is 48.0. The number of rotatable bonds is 84. The Balaban J connectivity index is 0.000000308. The maximum absolute atomic E-state index is 12.9. The van der Waals surface area contributed by atoms with Gasteiger partial charge in [-0.3, -0.25) is 57.5 Å². The number of thioether (sulfide) groups is 4. The lowest BCUT2D eigenvalue weighted by atomic mass is 10.0. The normalized spacial score (nSPS) is 21.9. The van der Waals surface area contributed by atoms with E-state index in [1.807, 2.05) is 95.6 Å². The molecule has 38 nitrogen and oxygen atoms in total. The largest absolute Gasteiger partial charge is 0.481 e. The second kappa shape index (κ2) is 70.6. The van der Waals surface area contributed by atoms with Crippen LogP contribution in [0.2, 0.25) is 0 Å². The van der Waals surface area contributed by atoms with Gasteiger partial charge in [0.1, 0.15) is 23.1 Å². The first kappa shape index (κ1) is 123. The van der Waals surface area contributed by atoms with Crippen molar-refractivity contribution >= 4 is 140 Å². The number of hydrogen-bond donors (Lipinski definition) is 12. The van der Waals surface area contributed by atoms with Gasteiger partial charge in [0.15, 0.2) is 5.25 Å². The van der Waals surface area contributed by atoms with E-state index in [1.165, 1.54) is 5.56 Å². The minimum Gasteiger partial charge on any atom is -0.481 e. The average Bonchev–Trinajstić information content (AvgIpc) is 1.56. The van der Waals surface area contributed by atoms with Crippen molar-refractivity contribution in [3.63, 3.8) is 0 Å². The molecule has 12 amide bonds. The molecular weight excluding hydrogens is 2020 g/mol. The van der Waals surface area contributed by atoms with Crippen molar-refractivity contribution in [2.45, 2.75) is 364 Å². The van der Waals surface area contributed by atoms with E-state index >= 15 is 0 Å². The van der Waals surface area contributed by atoms with Crippen LogP contribution in [0.3, 0.4) is 0 Å². The number of carboxylic acid groups (broad SMARTS) is 1. The van der Waals surface area contributed by atoms with Gasteiger partial charge in [0, 0.05) is 133 Å². The molecule has 836 valence electrons. The summed E-state index contributed by atoms with van der Waals surface area (Å²) < 4.78 is 64.0. The molecule has 9 aliphatic rings. The van der Waals surface area contributed by atoms with Gasteiger partial charge in [-0.1, -0.05) is 127 Å². The van der Waals surface area contributed by atoms with E-state index in [0.29, 0.717) is 153 Å². The number of aliphatic carboxylic acids is 1. The number of benzene rings is 2. The summed E-state index contributed by atoms with van der Waals surface area (Å²) in [5, 5.41) is 38.4. The van der Waals surface area contributed by atoms with Crippen molar-refractivity contribution in [2.75, 3.05) is 142 Å². The van der Waals surface area contributed by atoms with E-state index in [9.17, 15) is 75.5 Å². The van der Waals surface area contributed by atoms with Crippen molar-refractivity contribution in [1.29, 1.82) is 0 Å². The maximum atomic E-state index is 12.9. The van der Waals surface area contributed by atoms with Gasteiger partial charge in [-0.2, -0.15) is 55.5 Å².